The molecule has 28 heavy (non-hydrogen) atoms. The first kappa shape index (κ1) is 19.9. The highest BCUT2D eigenvalue weighted by molar-refractivity contribution is 7.99. The monoisotopic (exact) mass is 396 g/mol. The molecule has 2 aromatic carbocycles. The van der Waals surface area contributed by atoms with Crippen LogP contribution in [-0.4, -0.2) is 33.5 Å². The highest BCUT2D eigenvalue weighted by atomic mass is 32.2. The van der Waals surface area contributed by atoms with Crippen molar-refractivity contribution >= 4 is 23.4 Å². The van der Waals surface area contributed by atoms with Crippen LogP contribution in [0.25, 0.3) is 11.4 Å². The molecule has 6 nitrogen and oxygen atoms in total. The molecule has 7 heteroatoms. The van der Waals surface area contributed by atoms with Crippen molar-refractivity contribution < 1.29 is 9.53 Å². The maximum atomic E-state index is 12.4. The molecule has 1 N–H and O–H groups in total. The van der Waals surface area contributed by atoms with E-state index in [9.17, 15) is 4.79 Å². The third kappa shape index (κ3) is 4.36. The van der Waals surface area contributed by atoms with Gasteiger partial charge in [-0.1, -0.05) is 30.0 Å². The number of aromatic nitrogens is 3. The number of methoxy groups -OCH3 is 1. The van der Waals surface area contributed by atoms with E-state index >= 15 is 0 Å². The Morgan fingerprint density at radius 2 is 1.79 bits per heavy atom. The SMILES string of the molecule is CCn1c(SCC(=O)Nc2c(C)cccc2C)nnc1-c1ccc(OC)cc1. The number of carbonyl (C=O) groups excluding carboxylic acids is 1. The Labute approximate surface area is 169 Å². The van der Waals surface area contributed by atoms with Gasteiger partial charge < -0.3 is 14.6 Å². The number of nitrogens with zero attached hydrogens (tertiary/aromatic N) is 3. The largest absolute Gasteiger partial charge is 0.497 e. The van der Waals surface area contributed by atoms with Gasteiger partial charge in [-0.2, -0.15) is 0 Å². The van der Waals surface area contributed by atoms with Gasteiger partial charge in [-0.15, -0.1) is 10.2 Å². The minimum absolute atomic E-state index is 0.0564. The average molecular weight is 397 g/mol. The molecule has 0 atom stereocenters. The Hall–Kier alpha value is -2.80. The van der Waals surface area contributed by atoms with E-state index in [1.807, 2.05) is 67.8 Å². The van der Waals surface area contributed by atoms with E-state index in [-0.39, 0.29) is 11.7 Å². The second kappa shape index (κ2) is 8.93. The second-order valence-corrected chi connectivity index (χ2v) is 7.33. The highest BCUT2D eigenvalue weighted by Gasteiger charge is 2.15. The van der Waals surface area contributed by atoms with Crippen molar-refractivity contribution in [3.8, 4) is 17.1 Å². The fraction of sp³-hybridized carbons (Fsp3) is 0.286. The fourth-order valence-electron chi connectivity index (χ4n) is 2.95. The number of thioether (sulfide) groups is 1. The van der Waals surface area contributed by atoms with Crippen LogP contribution < -0.4 is 10.1 Å². The first-order chi connectivity index (χ1) is 13.5. The van der Waals surface area contributed by atoms with Gasteiger partial charge in [0.25, 0.3) is 0 Å². The molecule has 0 unspecified atom stereocenters. The standard InChI is InChI=1S/C21H24N4O2S/c1-5-25-20(16-9-11-17(27-4)12-10-16)23-24-21(25)28-13-18(26)22-19-14(2)7-6-8-15(19)3/h6-12H,5,13H2,1-4H3,(H,22,26). The Balaban J connectivity index is 1.71. The molecule has 0 aliphatic carbocycles. The normalized spacial score (nSPS) is 10.7. The van der Waals surface area contributed by atoms with E-state index < -0.39 is 0 Å². The number of nitrogens with one attached hydrogen (secondary N) is 1. The van der Waals surface area contributed by atoms with Crippen LogP contribution in [-0.2, 0) is 11.3 Å². The minimum Gasteiger partial charge on any atom is -0.497 e. The number of rotatable bonds is 7. The number of benzene rings is 2. The van der Waals surface area contributed by atoms with E-state index in [1.54, 1.807) is 7.11 Å². The summed E-state index contributed by atoms with van der Waals surface area (Å²) < 4.78 is 7.22. The van der Waals surface area contributed by atoms with Crippen molar-refractivity contribution in [3.63, 3.8) is 0 Å². The molecule has 1 heterocycles. The Kier molecular flexibility index (Phi) is 6.36. The predicted molar refractivity (Wildman–Crippen MR) is 113 cm³/mol. The lowest BCUT2D eigenvalue weighted by molar-refractivity contribution is -0.113. The Morgan fingerprint density at radius 3 is 2.39 bits per heavy atom. The number of carbonyl (C=O) groups is 1. The van der Waals surface area contributed by atoms with Gasteiger partial charge in [0.05, 0.1) is 12.9 Å². The predicted octanol–water partition coefficient (Wildman–Crippen LogP) is 4.32. The summed E-state index contributed by atoms with van der Waals surface area (Å²) >= 11 is 1.39. The maximum absolute atomic E-state index is 12.4. The maximum Gasteiger partial charge on any atom is 0.234 e. The number of anilines is 1. The topological polar surface area (TPSA) is 69.0 Å². The number of aryl methyl sites for hydroxylation is 2. The van der Waals surface area contributed by atoms with Gasteiger partial charge in [0, 0.05) is 17.8 Å². The van der Waals surface area contributed by atoms with Gasteiger partial charge in [0.1, 0.15) is 5.75 Å². The summed E-state index contributed by atoms with van der Waals surface area (Å²) in [6, 6.07) is 13.7. The third-order valence-electron chi connectivity index (χ3n) is 4.46. The van der Waals surface area contributed by atoms with Crippen LogP contribution in [0.1, 0.15) is 18.1 Å². The van der Waals surface area contributed by atoms with Crippen LogP contribution in [0.2, 0.25) is 0 Å². The zero-order valence-electron chi connectivity index (χ0n) is 16.5. The molecule has 0 bridgehead atoms. The van der Waals surface area contributed by atoms with Crippen LogP contribution in [0.4, 0.5) is 5.69 Å². The van der Waals surface area contributed by atoms with E-state index in [1.165, 1.54) is 11.8 Å². The molecule has 1 aromatic heterocycles. The lowest BCUT2D eigenvalue weighted by Crippen LogP contribution is -2.16. The summed E-state index contributed by atoms with van der Waals surface area (Å²) in [4.78, 5) is 12.4. The van der Waals surface area contributed by atoms with E-state index in [0.29, 0.717) is 0 Å². The number of hydrogen-bond acceptors (Lipinski definition) is 5. The Bertz CT molecular complexity index is 947. The van der Waals surface area contributed by atoms with Crippen LogP contribution in [0.15, 0.2) is 47.6 Å². The zero-order chi connectivity index (χ0) is 20.1. The molecule has 146 valence electrons. The molecule has 0 spiro atoms. The number of ether oxygens (including phenoxy) is 1. The van der Waals surface area contributed by atoms with Gasteiger partial charge in [0.15, 0.2) is 11.0 Å². The molecule has 0 fully saturated rings. The van der Waals surface area contributed by atoms with Crippen LogP contribution >= 0.6 is 11.8 Å². The summed E-state index contributed by atoms with van der Waals surface area (Å²) in [5, 5.41) is 12.3. The highest BCUT2D eigenvalue weighted by Crippen LogP contribution is 2.26. The third-order valence-corrected chi connectivity index (χ3v) is 5.43. The number of amides is 1. The molecular formula is C21H24N4O2S. The minimum atomic E-state index is -0.0564. The molecule has 0 radical (unpaired) electrons. The van der Waals surface area contributed by atoms with Crippen molar-refractivity contribution in [2.75, 3.05) is 18.2 Å². The molecule has 0 saturated carbocycles. The fourth-order valence-corrected chi connectivity index (χ4v) is 3.75. The summed E-state index contributed by atoms with van der Waals surface area (Å²) in [6.45, 7) is 6.74. The van der Waals surface area contributed by atoms with Gasteiger partial charge in [-0.25, -0.2) is 0 Å². The lowest BCUT2D eigenvalue weighted by Gasteiger charge is -2.11. The van der Waals surface area contributed by atoms with E-state index in [2.05, 4.69) is 15.5 Å². The van der Waals surface area contributed by atoms with E-state index in [4.69, 9.17) is 4.74 Å². The van der Waals surface area contributed by atoms with Gasteiger partial charge >= 0.3 is 0 Å². The quantitative estimate of drug-likeness (QED) is 0.602. The van der Waals surface area contributed by atoms with E-state index in [0.717, 1.165) is 45.7 Å². The molecule has 0 aliphatic heterocycles. The summed E-state index contributed by atoms with van der Waals surface area (Å²) in [5.74, 6) is 1.79. The van der Waals surface area contributed by atoms with Gasteiger partial charge in [0.2, 0.25) is 5.91 Å². The van der Waals surface area contributed by atoms with Gasteiger partial charge in [-0.05, 0) is 56.2 Å². The first-order valence-corrected chi connectivity index (χ1v) is 10.1. The van der Waals surface area contributed by atoms with Crippen molar-refractivity contribution in [3.05, 3.63) is 53.6 Å². The Morgan fingerprint density at radius 1 is 1.11 bits per heavy atom. The average Bonchev–Trinajstić information content (AvgIpc) is 3.12. The summed E-state index contributed by atoms with van der Waals surface area (Å²) in [5.41, 5.74) is 3.94. The van der Waals surface area contributed by atoms with Crippen molar-refractivity contribution in [2.45, 2.75) is 32.5 Å². The summed E-state index contributed by atoms with van der Waals surface area (Å²) in [7, 11) is 1.64. The first-order valence-electron chi connectivity index (χ1n) is 9.10. The summed E-state index contributed by atoms with van der Waals surface area (Å²) in [6.07, 6.45) is 0. The number of hydrogen-bond donors (Lipinski definition) is 1. The second-order valence-electron chi connectivity index (χ2n) is 6.38. The zero-order valence-corrected chi connectivity index (χ0v) is 17.3. The van der Waals surface area contributed by atoms with Crippen LogP contribution in [0, 0.1) is 13.8 Å². The molecule has 0 saturated heterocycles. The van der Waals surface area contributed by atoms with Crippen LogP contribution in [0.3, 0.4) is 0 Å². The van der Waals surface area contributed by atoms with Crippen LogP contribution in [0.5, 0.6) is 5.75 Å². The van der Waals surface area contributed by atoms with Crippen molar-refractivity contribution in [1.29, 1.82) is 0 Å². The molecule has 0 aliphatic rings. The molecular weight excluding hydrogens is 372 g/mol. The molecule has 1 amide bonds. The number of para-hydroxylation sites is 1. The van der Waals surface area contributed by atoms with Crippen molar-refractivity contribution in [2.24, 2.45) is 0 Å². The van der Waals surface area contributed by atoms with Crippen molar-refractivity contribution in [1.82, 2.24) is 14.8 Å². The van der Waals surface area contributed by atoms with Gasteiger partial charge in [-0.3, -0.25) is 4.79 Å². The lowest BCUT2D eigenvalue weighted by atomic mass is 10.1. The molecule has 3 aromatic rings. The smallest absolute Gasteiger partial charge is 0.234 e. The molecule has 3 rings (SSSR count).